The van der Waals surface area contributed by atoms with E-state index in [1.807, 2.05) is 13.8 Å². The molecule has 1 aromatic carbocycles. The second-order valence-corrected chi connectivity index (χ2v) is 6.18. The van der Waals surface area contributed by atoms with Crippen LogP contribution in [0.1, 0.15) is 20.3 Å². The molecule has 0 aliphatic carbocycles. The Morgan fingerprint density at radius 3 is 2.78 bits per heavy atom. The lowest BCUT2D eigenvalue weighted by atomic mass is 10.3. The number of rotatable bonds is 5. The van der Waals surface area contributed by atoms with E-state index in [1.165, 1.54) is 0 Å². The lowest BCUT2D eigenvalue weighted by molar-refractivity contribution is -0.121. The van der Waals surface area contributed by atoms with Crippen LogP contribution in [0.3, 0.4) is 0 Å². The Morgan fingerprint density at radius 1 is 1.50 bits per heavy atom. The Bertz CT molecular complexity index is 463. The van der Waals surface area contributed by atoms with Crippen molar-refractivity contribution in [1.82, 2.24) is 5.32 Å². The van der Waals surface area contributed by atoms with E-state index in [9.17, 15) is 9.00 Å². The fourth-order valence-corrected chi connectivity index (χ4v) is 2.81. The molecule has 0 spiro atoms. The van der Waals surface area contributed by atoms with Gasteiger partial charge in [-0.15, -0.1) is 0 Å². The lowest BCUT2D eigenvalue weighted by Gasteiger charge is -2.09. The molecule has 4 nitrogen and oxygen atoms in total. The Morgan fingerprint density at radius 2 is 2.17 bits per heavy atom. The Kier molecular flexibility index (Phi) is 5.62. The van der Waals surface area contributed by atoms with Gasteiger partial charge in [0.25, 0.3) is 0 Å². The zero-order valence-corrected chi connectivity index (χ0v) is 12.0. The molecule has 0 bridgehead atoms. The summed E-state index contributed by atoms with van der Waals surface area (Å²) in [5, 5.41) is 3.23. The monoisotopic (exact) mass is 288 g/mol. The van der Waals surface area contributed by atoms with E-state index in [4.69, 9.17) is 17.3 Å². The summed E-state index contributed by atoms with van der Waals surface area (Å²) in [7, 11) is -1.31. The average molecular weight is 289 g/mol. The number of carbonyl (C=O) groups is 1. The summed E-state index contributed by atoms with van der Waals surface area (Å²) >= 11 is 5.82. The molecule has 3 N–H and O–H groups in total. The normalized spacial score (nSPS) is 12.4. The van der Waals surface area contributed by atoms with E-state index < -0.39 is 10.8 Å². The topological polar surface area (TPSA) is 72.2 Å². The van der Waals surface area contributed by atoms with Gasteiger partial charge >= 0.3 is 0 Å². The number of nitrogens with one attached hydrogen (secondary N) is 1. The molecular weight excluding hydrogens is 272 g/mol. The lowest BCUT2D eigenvalue weighted by Crippen LogP contribution is -2.30. The van der Waals surface area contributed by atoms with Crippen molar-refractivity contribution in [1.29, 1.82) is 0 Å². The first-order valence-electron chi connectivity index (χ1n) is 5.63. The van der Waals surface area contributed by atoms with Gasteiger partial charge < -0.3 is 11.1 Å². The summed E-state index contributed by atoms with van der Waals surface area (Å²) in [5.74, 6) is 0.127. The van der Waals surface area contributed by atoms with Gasteiger partial charge in [0.2, 0.25) is 5.91 Å². The van der Waals surface area contributed by atoms with Gasteiger partial charge in [-0.05, 0) is 32.0 Å². The van der Waals surface area contributed by atoms with Crippen molar-refractivity contribution in [3.63, 3.8) is 0 Å². The predicted molar refractivity (Wildman–Crippen MR) is 75.0 cm³/mol. The summed E-state index contributed by atoms with van der Waals surface area (Å²) < 4.78 is 12.0. The smallest absolute Gasteiger partial charge is 0.221 e. The van der Waals surface area contributed by atoms with Crippen molar-refractivity contribution in [2.24, 2.45) is 0 Å². The van der Waals surface area contributed by atoms with Gasteiger partial charge in [-0.2, -0.15) is 0 Å². The molecule has 0 aliphatic rings. The molecule has 18 heavy (non-hydrogen) atoms. The van der Waals surface area contributed by atoms with Crippen molar-refractivity contribution in [2.45, 2.75) is 31.2 Å². The molecular formula is C12H17ClN2O2S. The maximum Gasteiger partial charge on any atom is 0.221 e. The number of nitrogen functional groups attached to an aromatic ring is 1. The molecule has 100 valence electrons. The molecule has 0 saturated heterocycles. The SMILES string of the molecule is CC(C)NC(=O)CCS(=O)c1cc(Cl)ccc1N. The maximum atomic E-state index is 12.0. The quantitative estimate of drug-likeness (QED) is 0.814. The minimum Gasteiger partial charge on any atom is -0.398 e. The first-order chi connectivity index (χ1) is 8.40. The van der Waals surface area contributed by atoms with Crippen LogP contribution in [0, 0.1) is 0 Å². The van der Waals surface area contributed by atoms with Crippen LogP contribution in [0.25, 0.3) is 0 Å². The summed E-state index contributed by atoms with van der Waals surface area (Å²) in [6.45, 7) is 3.76. The number of benzene rings is 1. The predicted octanol–water partition coefficient (Wildman–Crippen LogP) is 1.94. The number of anilines is 1. The number of amides is 1. The van der Waals surface area contributed by atoms with E-state index in [0.717, 1.165) is 0 Å². The van der Waals surface area contributed by atoms with Crippen LogP contribution in [0.15, 0.2) is 23.1 Å². The van der Waals surface area contributed by atoms with E-state index >= 15 is 0 Å². The van der Waals surface area contributed by atoms with Crippen molar-refractivity contribution in [3.8, 4) is 0 Å². The molecule has 0 aliphatic heterocycles. The van der Waals surface area contributed by atoms with Crippen molar-refractivity contribution in [2.75, 3.05) is 11.5 Å². The van der Waals surface area contributed by atoms with Crippen molar-refractivity contribution >= 4 is 34.0 Å². The molecule has 1 atom stereocenters. The van der Waals surface area contributed by atoms with Gasteiger partial charge in [0.15, 0.2) is 0 Å². The first kappa shape index (κ1) is 15.0. The first-order valence-corrected chi connectivity index (χ1v) is 7.32. The number of halogens is 1. The summed E-state index contributed by atoms with van der Waals surface area (Å²) in [6.07, 6.45) is 0.205. The standard InChI is InChI=1S/C12H17ClN2O2S/c1-8(2)15-12(16)5-6-18(17)11-7-9(13)3-4-10(11)14/h3-4,7-8H,5-6,14H2,1-2H3,(H,15,16). The minimum absolute atomic E-state index is 0.0853. The highest BCUT2D eigenvalue weighted by atomic mass is 35.5. The fraction of sp³-hybridized carbons (Fsp3) is 0.417. The van der Waals surface area contributed by atoms with Gasteiger partial charge in [-0.3, -0.25) is 9.00 Å². The van der Waals surface area contributed by atoms with Crippen LogP contribution in [0.4, 0.5) is 5.69 Å². The van der Waals surface area contributed by atoms with Crippen LogP contribution in [-0.2, 0) is 15.6 Å². The zero-order chi connectivity index (χ0) is 13.7. The van der Waals surface area contributed by atoms with E-state index in [1.54, 1.807) is 18.2 Å². The molecule has 1 aromatic rings. The Hall–Kier alpha value is -1.07. The minimum atomic E-state index is -1.31. The summed E-state index contributed by atoms with van der Waals surface area (Å²) in [6, 6.07) is 4.92. The highest BCUT2D eigenvalue weighted by Gasteiger charge is 2.11. The van der Waals surface area contributed by atoms with Gasteiger partial charge in [0.1, 0.15) is 0 Å². The van der Waals surface area contributed by atoms with Crippen molar-refractivity contribution < 1.29 is 9.00 Å². The zero-order valence-electron chi connectivity index (χ0n) is 10.4. The highest BCUT2D eigenvalue weighted by molar-refractivity contribution is 7.85. The number of hydrogen-bond donors (Lipinski definition) is 2. The molecule has 6 heteroatoms. The second kappa shape index (κ2) is 6.75. The summed E-state index contributed by atoms with van der Waals surface area (Å²) in [4.78, 5) is 11.9. The van der Waals surface area contributed by atoms with Gasteiger partial charge in [0, 0.05) is 28.9 Å². The highest BCUT2D eigenvalue weighted by Crippen LogP contribution is 2.21. The molecule has 1 amide bonds. The van der Waals surface area contributed by atoms with Crippen LogP contribution < -0.4 is 11.1 Å². The fourth-order valence-electron chi connectivity index (χ4n) is 1.39. The molecule has 0 saturated carbocycles. The van der Waals surface area contributed by atoms with Gasteiger partial charge in [-0.25, -0.2) is 0 Å². The van der Waals surface area contributed by atoms with Crippen molar-refractivity contribution in [3.05, 3.63) is 23.2 Å². The van der Waals surface area contributed by atoms with E-state index in [2.05, 4.69) is 5.32 Å². The number of nitrogens with two attached hydrogens (primary N) is 1. The molecule has 0 radical (unpaired) electrons. The van der Waals surface area contributed by atoms with Crippen LogP contribution >= 0.6 is 11.6 Å². The van der Waals surface area contributed by atoms with Gasteiger partial charge in [-0.1, -0.05) is 11.6 Å². The number of hydrogen-bond acceptors (Lipinski definition) is 3. The van der Waals surface area contributed by atoms with E-state index in [0.29, 0.717) is 15.6 Å². The van der Waals surface area contributed by atoms with E-state index in [-0.39, 0.29) is 24.1 Å². The number of carbonyl (C=O) groups excluding carboxylic acids is 1. The Labute approximate surface area is 114 Å². The van der Waals surface area contributed by atoms with Crippen LogP contribution in [0.5, 0.6) is 0 Å². The second-order valence-electron chi connectivity index (χ2n) is 4.20. The third kappa shape index (κ3) is 4.66. The molecule has 1 unspecified atom stereocenters. The molecule has 0 aromatic heterocycles. The summed E-state index contributed by atoms with van der Waals surface area (Å²) in [5.41, 5.74) is 6.16. The van der Waals surface area contributed by atoms with Crippen LogP contribution in [0.2, 0.25) is 5.02 Å². The third-order valence-corrected chi connectivity index (χ3v) is 3.84. The van der Waals surface area contributed by atoms with Gasteiger partial charge in [0.05, 0.1) is 15.7 Å². The maximum absolute atomic E-state index is 12.0. The largest absolute Gasteiger partial charge is 0.398 e. The molecule has 0 heterocycles. The third-order valence-electron chi connectivity index (χ3n) is 2.19. The molecule has 1 rings (SSSR count). The average Bonchev–Trinajstić information content (AvgIpc) is 2.28. The van der Waals surface area contributed by atoms with Crippen LogP contribution in [-0.4, -0.2) is 21.9 Å². The Balaban J connectivity index is 2.60. The molecule has 0 fully saturated rings.